The van der Waals surface area contributed by atoms with E-state index in [2.05, 4.69) is 0 Å². The summed E-state index contributed by atoms with van der Waals surface area (Å²) in [6.45, 7) is 11.9. The van der Waals surface area contributed by atoms with Gasteiger partial charge in [-0.1, -0.05) is 51.1 Å². The van der Waals surface area contributed by atoms with Crippen molar-refractivity contribution < 1.29 is 48.0 Å². The minimum Gasteiger partial charge on any atom is -0.462 e. The Kier molecular flexibility index (Phi) is 9.91. The molecule has 1 spiro atoms. The maximum atomic E-state index is 13.7. The molecule has 3 fully saturated rings. The van der Waals surface area contributed by atoms with Crippen molar-refractivity contribution in [1.82, 2.24) is 4.90 Å². The zero-order valence-electron chi connectivity index (χ0n) is 29.6. The van der Waals surface area contributed by atoms with Crippen molar-refractivity contribution in [3.63, 3.8) is 0 Å². The van der Waals surface area contributed by atoms with Crippen molar-refractivity contribution in [2.45, 2.75) is 116 Å². The maximum absolute atomic E-state index is 13.7. The van der Waals surface area contributed by atoms with Crippen LogP contribution in [0.15, 0.2) is 41.5 Å². The highest BCUT2D eigenvalue weighted by Gasteiger charge is 2.74. The zero-order valence-corrected chi connectivity index (χ0v) is 29.6. The van der Waals surface area contributed by atoms with Crippen LogP contribution in [0.4, 0.5) is 0 Å². The molecule has 3 aliphatic carbocycles. The number of aliphatic hydroxyl groups excluding tert-OH is 1. The number of esters is 4. The summed E-state index contributed by atoms with van der Waals surface area (Å²) < 4.78 is 30.7. The van der Waals surface area contributed by atoms with Crippen LogP contribution in [-0.2, 0) is 42.9 Å². The molecule has 4 aliphatic rings. The largest absolute Gasteiger partial charge is 0.462 e. The number of fused-ring (bicyclic) bond motifs is 4. The molecule has 0 amide bonds. The molecule has 5 rings (SSSR count). The molecule has 1 aliphatic heterocycles. The summed E-state index contributed by atoms with van der Waals surface area (Å²) in [5.41, 5.74) is -0.495. The number of rotatable bonds is 8. The topological polar surface area (TPSA) is 141 Å². The number of carbonyl (C=O) groups is 4. The lowest BCUT2D eigenvalue weighted by Crippen LogP contribution is -2.68. The zero-order chi connectivity index (χ0) is 35.3. The van der Waals surface area contributed by atoms with Gasteiger partial charge in [0.1, 0.15) is 30.0 Å². The van der Waals surface area contributed by atoms with Crippen LogP contribution in [0.1, 0.15) is 85.8 Å². The van der Waals surface area contributed by atoms with E-state index >= 15 is 0 Å². The molecule has 1 aromatic carbocycles. The molecule has 2 saturated carbocycles. The van der Waals surface area contributed by atoms with E-state index < -0.39 is 76.7 Å². The Bertz CT molecular complexity index is 1450. The van der Waals surface area contributed by atoms with Gasteiger partial charge in [0.2, 0.25) is 0 Å². The van der Waals surface area contributed by atoms with Crippen molar-refractivity contribution in [1.29, 1.82) is 0 Å². The average molecular weight is 670 g/mol. The molecule has 1 saturated heterocycles. The fraction of sp³-hybridized carbons (Fsp3) is 0.676. The Morgan fingerprint density at radius 2 is 1.56 bits per heavy atom. The summed E-state index contributed by atoms with van der Waals surface area (Å²) in [5.74, 6) is -3.03. The van der Waals surface area contributed by atoms with Crippen molar-refractivity contribution in [3.05, 3.63) is 47.0 Å². The molecule has 1 N–H and O–H groups in total. The number of hydrogen-bond donors (Lipinski definition) is 1. The Labute approximate surface area is 283 Å². The smallest absolute Gasteiger partial charge is 0.308 e. The minimum atomic E-state index is -1.25. The lowest BCUT2D eigenvalue weighted by molar-refractivity contribution is -0.223. The van der Waals surface area contributed by atoms with E-state index in [0.29, 0.717) is 30.4 Å². The quantitative estimate of drug-likeness (QED) is 0.183. The van der Waals surface area contributed by atoms with Crippen LogP contribution in [0.3, 0.4) is 0 Å². The standard InChI is InChI=1S/C37H51NO10/c1-20-27(45-21(2)39)17-25-31(46-22(3)40)33-36(7,34(43)32(47-23(4)41)30(20)35(25,5)6)16-15-28(37(33)19-44-37)48-29(42)18-26(38(8)9)24-13-11-10-12-14-24/h10-14,25-28,31-34,43H,15-19H2,1-9H3/t25-,26+,27-,28-,31+,32+,33-,34-,36-,37+/m0/s1. The Balaban J connectivity index is 1.59. The Morgan fingerprint density at radius 3 is 2.10 bits per heavy atom. The third-order valence-electron chi connectivity index (χ3n) is 11.5. The van der Waals surface area contributed by atoms with Crippen LogP contribution in [0.2, 0.25) is 0 Å². The van der Waals surface area contributed by atoms with Crippen LogP contribution in [0, 0.1) is 22.7 Å². The predicted octanol–water partition coefficient (Wildman–Crippen LogP) is 4.31. The summed E-state index contributed by atoms with van der Waals surface area (Å²) in [5, 5.41) is 12.5. The highest BCUT2D eigenvalue weighted by atomic mass is 16.6. The number of aliphatic hydroxyl groups is 1. The lowest BCUT2D eigenvalue weighted by Gasteiger charge is -2.60. The summed E-state index contributed by atoms with van der Waals surface area (Å²) in [4.78, 5) is 53.5. The van der Waals surface area contributed by atoms with Gasteiger partial charge in [-0.15, -0.1) is 0 Å². The summed E-state index contributed by atoms with van der Waals surface area (Å²) >= 11 is 0. The van der Waals surface area contributed by atoms with Gasteiger partial charge in [0.25, 0.3) is 0 Å². The van der Waals surface area contributed by atoms with E-state index in [-0.39, 0.29) is 25.0 Å². The van der Waals surface area contributed by atoms with E-state index in [4.69, 9.17) is 23.7 Å². The second-order valence-electron chi connectivity index (χ2n) is 15.1. The number of carbonyl (C=O) groups excluding carboxylic acids is 4. The number of nitrogens with zero attached hydrogens (tertiary/aromatic N) is 1. The molecular weight excluding hydrogens is 618 g/mol. The van der Waals surface area contributed by atoms with Gasteiger partial charge in [0.15, 0.2) is 6.10 Å². The van der Waals surface area contributed by atoms with Crippen molar-refractivity contribution >= 4 is 23.9 Å². The monoisotopic (exact) mass is 669 g/mol. The first-order valence-corrected chi connectivity index (χ1v) is 16.9. The molecule has 1 heterocycles. The molecule has 264 valence electrons. The summed E-state index contributed by atoms with van der Waals surface area (Å²) in [6.07, 6.45) is -3.30. The fourth-order valence-corrected chi connectivity index (χ4v) is 9.27. The highest BCUT2D eigenvalue weighted by Crippen LogP contribution is 2.65. The molecule has 0 unspecified atom stereocenters. The van der Waals surface area contributed by atoms with Crippen molar-refractivity contribution in [2.75, 3.05) is 20.7 Å². The van der Waals surface area contributed by atoms with Crippen LogP contribution in [-0.4, -0.2) is 90.7 Å². The average Bonchev–Trinajstić information content (AvgIpc) is 3.77. The molecule has 0 aromatic heterocycles. The fourth-order valence-electron chi connectivity index (χ4n) is 9.27. The van der Waals surface area contributed by atoms with Gasteiger partial charge in [0.05, 0.1) is 13.0 Å². The first-order valence-electron chi connectivity index (χ1n) is 16.9. The van der Waals surface area contributed by atoms with Crippen LogP contribution in [0.5, 0.6) is 0 Å². The number of hydrogen-bond acceptors (Lipinski definition) is 11. The van der Waals surface area contributed by atoms with Crippen molar-refractivity contribution in [2.24, 2.45) is 22.7 Å². The third-order valence-corrected chi connectivity index (χ3v) is 11.5. The van der Waals surface area contributed by atoms with Gasteiger partial charge in [-0.2, -0.15) is 0 Å². The highest BCUT2D eigenvalue weighted by molar-refractivity contribution is 5.71. The molecule has 2 bridgehead atoms. The van der Waals surface area contributed by atoms with Crippen molar-refractivity contribution in [3.8, 4) is 0 Å². The van der Waals surface area contributed by atoms with Gasteiger partial charge in [-0.3, -0.25) is 19.2 Å². The van der Waals surface area contributed by atoms with Gasteiger partial charge < -0.3 is 33.7 Å². The third kappa shape index (κ3) is 6.41. The second-order valence-corrected chi connectivity index (χ2v) is 15.1. The lowest BCUT2D eigenvalue weighted by atomic mass is 9.48. The van der Waals surface area contributed by atoms with Gasteiger partial charge in [-0.05, 0) is 62.4 Å². The minimum absolute atomic E-state index is 0.114. The van der Waals surface area contributed by atoms with Gasteiger partial charge >= 0.3 is 23.9 Å². The number of epoxide rings is 1. The maximum Gasteiger partial charge on any atom is 0.308 e. The predicted molar refractivity (Wildman–Crippen MR) is 174 cm³/mol. The van der Waals surface area contributed by atoms with Crippen LogP contribution in [0.25, 0.3) is 0 Å². The van der Waals surface area contributed by atoms with E-state index in [1.54, 1.807) is 0 Å². The first kappa shape index (κ1) is 36.0. The molecule has 48 heavy (non-hydrogen) atoms. The normalized spacial score (nSPS) is 35.9. The van der Waals surface area contributed by atoms with Gasteiger partial charge in [-0.25, -0.2) is 0 Å². The number of benzene rings is 1. The molecule has 11 nitrogen and oxygen atoms in total. The molecule has 11 heteroatoms. The SMILES string of the molecule is CC(=O)O[C@@H]1[C@@H]2C[C@H](OC(C)=O)C(C)=C([C@@H](OC(C)=O)[C@H](O)[C@@]3(C)CC[C@H](OC(=O)C[C@H](c4ccccc4)N(C)C)[C@]4(CO4)[C@@H]13)C2(C)C. The van der Waals surface area contributed by atoms with E-state index in [0.717, 1.165) is 5.56 Å². The first-order chi connectivity index (χ1) is 22.4. The van der Waals surface area contributed by atoms with Gasteiger partial charge in [0, 0.05) is 44.1 Å². The van der Waals surface area contributed by atoms with Crippen LogP contribution < -0.4 is 0 Å². The van der Waals surface area contributed by atoms with Crippen LogP contribution >= 0.6 is 0 Å². The summed E-state index contributed by atoms with van der Waals surface area (Å²) in [6, 6.07) is 9.55. The number of ether oxygens (including phenoxy) is 5. The van der Waals surface area contributed by atoms with E-state index in [1.807, 2.05) is 77.0 Å². The van der Waals surface area contributed by atoms with E-state index in [1.165, 1.54) is 20.8 Å². The Morgan fingerprint density at radius 1 is 0.958 bits per heavy atom. The Hall–Kier alpha value is -3.28. The molecule has 10 atom stereocenters. The molecule has 1 aromatic rings. The molecular formula is C37H51NO10. The second kappa shape index (κ2) is 13.2. The molecule has 0 radical (unpaired) electrons. The summed E-state index contributed by atoms with van der Waals surface area (Å²) in [7, 11) is 3.84. The van der Waals surface area contributed by atoms with E-state index in [9.17, 15) is 24.3 Å².